The first-order valence-corrected chi connectivity index (χ1v) is 11.1. The van der Waals surface area contributed by atoms with Crippen LogP contribution in [0.4, 0.5) is 10.5 Å². The lowest BCUT2D eigenvalue weighted by atomic mass is 10.1. The van der Waals surface area contributed by atoms with Gasteiger partial charge < -0.3 is 9.80 Å². The summed E-state index contributed by atoms with van der Waals surface area (Å²) in [6.07, 6.45) is 3.44. The van der Waals surface area contributed by atoms with Gasteiger partial charge in [-0.05, 0) is 48.6 Å². The van der Waals surface area contributed by atoms with E-state index in [0.717, 1.165) is 61.4 Å². The van der Waals surface area contributed by atoms with Crippen molar-refractivity contribution in [1.29, 1.82) is 0 Å². The molecule has 1 aromatic carbocycles. The molecule has 2 fully saturated rings. The van der Waals surface area contributed by atoms with Crippen molar-refractivity contribution in [2.75, 3.05) is 37.6 Å². The van der Waals surface area contributed by atoms with E-state index in [2.05, 4.69) is 56.4 Å². The molecule has 0 aliphatic carbocycles. The van der Waals surface area contributed by atoms with Gasteiger partial charge in [0.25, 0.3) is 11.1 Å². The summed E-state index contributed by atoms with van der Waals surface area (Å²) in [7, 11) is 0. The predicted molar refractivity (Wildman–Crippen MR) is 122 cm³/mol. The second kappa shape index (κ2) is 8.16. The van der Waals surface area contributed by atoms with Gasteiger partial charge in [0.1, 0.15) is 0 Å². The smallest absolute Gasteiger partial charge is 0.290 e. The number of imide groups is 1. The number of nitrogens with zero attached hydrogens (tertiary/aromatic N) is 5. The fourth-order valence-electron chi connectivity index (χ4n) is 3.90. The van der Waals surface area contributed by atoms with E-state index in [0.29, 0.717) is 10.6 Å². The Morgan fingerprint density at radius 1 is 1.13 bits per heavy atom. The van der Waals surface area contributed by atoms with E-state index >= 15 is 0 Å². The lowest BCUT2D eigenvalue weighted by Gasteiger charge is -2.35. The van der Waals surface area contributed by atoms with E-state index in [4.69, 9.17) is 0 Å². The normalized spacial score (nSPS) is 18.9. The molecule has 9 heteroatoms. The third kappa shape index (κ3) is 3.94. The summed E-state index contributed by atoms with van der Waals surface area (Å²) in [5.74, 6) is -0.390. The number of imidazole rings is 1. The standard InChI is InChI=1S/C22H22N6O2S/c1-2-26-8-10-27(11-9-26)17-5-3-4-15(12-17)18-14-23-20-7-6-16(25-28(18)20)13-19-21(29)24-22(30)31-19/h3-7,12-14H,2,8-11H2,1H3,(H,24,29,30)/b19-13-. The molecule has 0 radical (unpaired) electrons. The van der Waals surface area contributed by atoms with Gasteiger partial charge in [-0.3, -0.25) is 14.9 Å². The summed E-state index contributed by atoms with van der Waals surface area (Å²) in [6, 6.07) is 12.1. The number of fused-ring (bicyclic) bond motifs is 1. The molecule has 158 valence electrons. The van der Waals surface area contributed by atoms with Crippen LogP contribution in [0.15, 0.2) is 47.5 Å². The first-order chi connectivity index (χ1) is 15.1. The van der Waals surface area contributed by atoms with Crippen LogP contribution in [0.1, 0.15) is 12.6 Å². The second-order valence-electron chi connectivity index (χ2n) is 7.50. The van der Waals surface area contributed by atoms with Gasteiger partial charge in [0, 0.05) is 37.4 Å². The molecule has 5 rings (SSSR count). The first kappa shape index (κ1) is 19.8. The van der Waals surface area contributed by atoms with Crippen molar-refractivity contribution < 1.29 is 9.59 Å². The van der Waals surface area contributed by atoms with Gasteiger partial charge in [0.2, 0.25) is 0 Å². The highest BCUT2D eigenvalue weighted by molar-refractivity contribution is 8.18. The molecule has 0 saturated carbocycles. The molecular weight excluding hydrogens is 412 g/mol. The number of carbonyl (C=O) groups is 2. The number of anilines is 1. The zero-order valence-electron chi connectivity index (χ0n) is 17.1. The van der Waals surface area contributed by atoms with E-state index in [-0.39, 0.29) is 5.24 Å². The van der Waals surface area contributed by atoms with Gasteiger partial charge in [0.05, 0.1) is 22.5 Å². The lowest BCUT2D eigenvalue weighted by Crippen LogP contribution is -2.46. The van der Waals surface area contributed by atoms with Crippen LogP contribution in [0.2, 0.25) is 0 Å². The first-order valence-electron chi connectivity index (χ1n) is 10.3. The number of likely N-dealkylation sites (N-methyl/N-ethyl adjacent to an activating group) is 1. The molecule has 2 aliphatic rings. The summed E-state index contributed by atoms with van der Waals surface area (Å²) in [5, 5.41) is 6.55. The number of aromatic nitrogens is 3. The van der Waals surface area contributed by atoms with Crippen molar-refractivity contribution in [1.82, 2.24) is 24.8 Å². The van der Waals surface area contributed by atoms with Gasteiger partial charge in [-0.2, -0.15) is 5.10 Å². The van der Waals surface area contributed by atoms with Crippen molar-refractivity contribution in [3.05, 3.63) is 53.2 Å². The van der Waals surface area contributed by atoms with Gasteiger partial charge >= 0.3 is 0 Å². The Balaban J connectivity index is 1.46. The molecule has 8 nitrogen and oxygen atoms in total. The van der Waals surface area contributed by atoms with Crippen LogP contribution in [0.25, 0.3) is 23.0 Å². The molecule has 0 spiro atoms. The summed E-state index contributed by atoms with van der Waals surface area (Å²) in [6.45, 7) is 7.47. The van der Waals surface area contributed by atoms with Crippen LogP contribution in [-0.2, 0) is 4.79 Å². The van der Waals surface area contributed by atoms with Crippen molar-refractivity contribution in [2.24, 2.45) is 0 Å². The van der Waals surface area contributed by atoms with E-state index in [1.54, 1.807) is 16.7 Å². The fourth-order valence-corrected chi connectivity index (χ4v) is 4.57. The number of hydrogen-bond donors (Lipinski definition) is 1. The molecule has 2 aromatic heterocycles. The van der Waals surface area contributed by atoms with E-state index < -0.39 is 5.91 Å². The quantitative estimate of drug-likeness (QED) is 0.632. The molecule has 0 atom stereocenters. The third-order valence-electron chi connectivity index (χ3n) is 5.63. The minimum absolute atomic E-state index is 0.340. The number of thioether (sulfide) groups is 1. The maximum absolute atomic E-state index is 11.8. The highest BCUT2D eigenvalue weighted by atomic mass is 32.2. The van der Waals surface area contributed by atoms with Crippen molar-refractivity contribution >= 4 is 40.3 Å². The summed E-state index contributed by atoms with van der Waals surface area (Å²) in [4.78, 5) is 32.9. The Bertz CT molecular complexity index is 1200. The van der Waals surface area contributed by atoms with Gasteiger partial charge in [-0.25, -0.2) is 9.50 Å². The molecule has 2 amide bonds. The van der Waals surface area contributed by atoms with Crippen LogP contribution in [0, 0.1) is 0 Å². The zero-order chi connectivity index (χ0) is 21.4. The summed E-state index contributed by atoms with van der Waals surface area (Å²) >= 11 is 0.884. The molecule has 2 saturated heterocycles. The number of amides is 2. The van der Waals surface area contributed by atoms with Crippen LogP contribution in [0.3, 0.4) is 0 Å². The number of nitrogens with one attached hydrogen (secondary N) is 1. The molecule has 31 heavy (non-hydrogen) atoms. The summed E-state index contributed by atoms with van der Waals surface area (Å²) < 4.78 is 1.78. The largest absolute Gasteiger partial charge is 0.369 e. The SMILES string of the molecule is CCN1CCN(c2cccc(-c3cnc4ccc(/C=C5\SC(=O)NC5=O)nn34)c2)CC1. The van der Waals surface area contributed by atoms with E-state index in [1.807, 2.05) is 12.3 Å². The summed E-state index contributed by atoms with van der Waals surface area (Å²) in [5.41, 5.74) is 4.41. The van der Waals surface area contributed by atoms with Crippen molar-refractivity contribution in [3.63, 3.8) is 0 Å². The Morgan fingerprint density at radius 2 is 1.97 bits per heavy atom. The maximum atomic E-state index is 11.8. The minimum atomic E-state index is -0.390. The molecule has 3 aromatic rings. The van der Waals surface area contributed by atoms with Crippen LogP contribution >= 0.6 is 11.8 Å². The topological polar surface area (TPSA) is 82.8 Å². The van der Waals surface area contributed by atoms with Gasteiger partial charge in [0.15, 0.2) is 5.65 Å². The second-order valence-corrected chi connectivity index (χ2v) is 8.51. The lowest BCUT2D eigenvalue weighted by molar-refractivity contribution is -0.115. The molecular formula is C22H22N6O2S. The minimum Gasteiger partial charge on any atom is -0.369 e. The highest BCUT2D eigenvalue weighted by Gasteiger charge is 2.25. The molecule has 4 heterocycles. The fraction of sp³-hybridized carbons (Fsp3) is 0.273. The molecule has 0 bridgehead atoms. The number of benzene rings is 1. The predicted octanol–water partition coefficient (Wildman–Crippen LogP) is 2.86. The van der Waals surface area contributed by atoms with Gasteiger partial charge in [-0.15, -0.1) is 0 Å². The maximum Gasteiger partial charge on any atom is 0.290 e. The van der Waals surface area contributed by atoms with Gasteiger partial charge in [-0.1, -0.05) is 19.1 Å². The molecule has 0 unspecified atom stereocenters. The Hall–Kier alpha value is -3.17. The van der Waals surface area contributed by atoms with E-state index in [1.165, 1.54) is 5.69 Å². The Morgan fingerprint density at radius 3 is 2.71 bits per heavy atom. The number of piperazine rings is 1. The van der Waals surface area contributed by atoms with Crippen LogP contribution in [0.5, 0.6) is 0 Å². The van der Waals surface area contributed by atoms with Crippen molar-refractivity contribution in [2.45, 2.75) is 6.92 Å². The third-order valence-corrected chi connectivity index (χ3v) is 6.44. The highest BCUT2D eigenvalue weighted by Crippen LogP contribution is 2.28. The number of rotatable bonds is 4. The Kier molecular flexibility index (Phi) is 5.21. The number of carbonyl (C=O) groups excluding carboxylic acids is 2. The molecule has 2 aliphatic heterocycles. The zero-order valence-corrected chi connectivity index (χ0v) is 17.9. The average Bonchev–Trinajstić information content (AvgIpc) is 3.36. The Labute approximate surface area is 183 Å². The van der Waals surface area contributed by atoms with E-state index in [9.17, 15) is 9.59 Å². The average molecular weight is 435 g/mol. The number of hydrogen-bond acceptors (Lipinski definition) is 7. The molecule has 1 N–H and O–H groups in total. The van der Waals surface area contributed by atoms with Crippen LogP contribution in [-0.4, -0.2) is 63.4 Å². The van der Waals surface area contributed by atoms with Crippen molar-refractivity contribution in [3.8, 4) is 11.3 Å². The van der Waals surface area contributed by atoms with Crippen LogP contribution < -0.4 is 10.2 Å². The monoisotopic (exact) mass is 434 g/mol.